The molecule has 2 aliphatic rings. The summed E-state index contributed by atoms with van der Waals surface area (Å²) in [5.41, 5.74) is 1.88. The average molecular weight is 462 g/mol. The first-order chi connectivity index (χ1) is 14.8. The molecular weight excluding hydrogens is 438 g/mol. The number of hydrogen-bond donors (Lipinski definition) is 1. The van der Waals surface area contributed by atoms with Gasteiger partial charge in [-0.3, -0.25) is 9.59 Å². The van der Waals surface area contributed by atoms with Crippen LogP contribution in [0.1, 0.15) is 31.2 Å². The van der Waals surface area contributed by atoms with Crippen LogP contribution in [0, 0.1) is 0 Å². The number of fused-ring (bicyclic) bond motifs is 1. The highest BCUT2D eigenvalue weighted by Crippen LogP contribution is 2.31. The fourth-order valence-corrected chi connectivity index (χ4v) is 5.79. The number of benzene rings is 2. The van der Waals surface area contributed by atoms with Crippen molar-refractivity contribution in [2.45, 2.75) is 37.0 Å². The van der Waals surface area contributed by atoms with Crippen molar-refractivity contribution in [2.24, 2.45) is 0 Å². The zero-order valence-electron chi connectivity index (χ0n) is 17.0. The minimum Gasteiger partial charge on any atom is -0.324 e. The van der Waals surface area contributed by atoms with Gasteiger partial charge in [-0.1, -0.05) is 24.1 Å². The van der Waals surface area contributed by atoms with Gasteiger partial charge in [0, 0.05) is 35.9 Å². The fourth-order valence-electron chi connectivity index (χ4n) is 4.03. The Morgan fingerprint density at radius 3 is 2.55 bits per heavy atom. The molecule has 2 amide bonds. The zero-order chi connectivity index (χ0) is 22.0. The Morgan fingerprint density at radius 2 is 1.81 bits per heavy atom. The molecule has 1 saturated heterocycles. The molecule has 0 atom stereocenters. The van der Waals surface area contributed by atoms with Gasteiger partial charge >= 0.3 is 0 Å². The van der Waals surface area contributed by atoms with Crippen molar-refractivity contribution in [3.8, 4) is 0 Å². The number of amides is 2. The monoisotopic (exact) mass is 461 g/mol. The molecule has 0 aromatic heterocycles. The van der Waals surface area contributed by atoms with Crippen LogP contribution in [0.3, 0.4) is 0 Å². The van der Waals surface area contributed by atoms with Crippen LogP contribution in [0.15, 0.2) is 47.4 Å². The average Bonchev–Trinajstić information content (AvgIpc) is 2.76. The van der Waals surface area contributed by atoms with Gasteiger partial charge in [0.2, 0.25) is 21.8 Å². The standard InChI is InChI=1S/C22H24ClN3O4S/c23-17-5-4-6-18(14-17)24-21(27)15-26-20-9-8-19(13-16(20)7-10-22(26)28)31(29,30)25-11-2-1-3-12-25/h4-6,8-9,13-14H,1-3,7,10-12,15H2,(H,24,27). The second-order valence-corrected chi connectivity index (χ2v) is 10.2. The van der Waals surface area contributed by atoms with Gasteiger partial charge in [0.25, 0.3) is 0 Å². The minimum absolute atomic E-state index is 0.156. The van der Waals surface area contributed by atoms with Crippen molar-refractivity contribution < 1.29 is 18.0 Å². The lowest BCUT2D eigenvalue weighted by molar-refractivity contribution is -0.121. The van der Waals surface area contributed by atoms with E-state index in [0.29, 0.717) is 35.9 Å². The quantitative estimate of drug-likeness (QED) is 0.739. The molecule has 0 radical (unpaired) electrons. The summed E-state index contributed by atoms with van der Waals surface area (Å²) < 4.78 is 27.5. The molecule has 7 nitrogen and oxygen atoms in total. The maximum atomic E-state index is 13.0. The SMILES string of the molecule is O=C(CN1C(=O)CCc2cc(S(=O)(=O)N3CCCCC3)ccc21)Nc1cccc(Cl)c1. The van der Waals surface area contributed by atoms with Crippen molar-refractivity contribution in [3.63, 3.8) is 0 Å². The first-order valence-electron chi connectivity index (χ1n) is 10.3. The predicted molar refractivity (Wildman–Crippen MR) is 120 cm³/mol. The second kappa shape index (κ2) is 8.98. The van der Waals surface area contributed by atoms with Gasteiger partial charge in [0.15, 0.2) is 0 Å². The predicted octanol–water partition coefficient (Wildman–Crippen LogP) is 3.43. The number of carbonyl (C=O) groups excluding carboxylic acids is 2. The first kappa shape index (κ1) is 21.8. The number of sulfonamides is 1. The van der Waals surface area contributed by atoms with Crippen LogP contribution in [0.4, 0.5) is 11.4 Å². The van der Waals surface area contributed by atoms with Gasteiger partial charge in [-0.25, -0.2) is 8.42 Å². The summed E-state index contributed by atoms with van der Waals surface area (Å²) in [7, 11) is -3.56. The topological polar surface area (TPSA) is 86.8 Å². The lowest BCUT2D eigenvalue weighted by Crippen LogP contribution is -2.41. The molecule has 0 aliphatic carbocycles. The summed E-state index contributed by atoms with van der Waals surface area (Å²) in [6.07, 6.45) is 3.46. The molecule has 2 aromatic rings. The number of halogens is 1. The first-order valence-corrected chi connectivity index (χ1v) is 12.2. The Labute approximate surface area is 187 Å². The van der Waals surface area contributed by atoms with E-state index in [-0.39, 0.29) is 29.7 Å². The van der Waals surface area contributed by atoms with Gasteiger partial charge in [0.1, 0.15) is 6.54 Å². The molecule has 1 N–H and O–H groups in total. The maximum absolute atomic E-state index is 13.0. The number of nitrogens with one attached hydrogen (secondary N) is 1. The van der Waals surface area contributed by atoms with E-state index in [1.807, 2.05) is 0 Å². The van der Waals surface area contributed by atoms with Crippen molar-refractivity contribution in [3.05, 3.63) is 53.1 Å². The maximum Gasteiger partial charge on any atom is 0.244 e. The summed E-state index contributed by atoms with van der Waals surface area (Å²) >= 11 is 5.95. The number of aryl methyl sites for hydroxylation is 1. The summed E-state index contributed by atoms with van der Waals surface area (Å²) in [6, 6.07) is 11.6. The Balaban J connectivity index is 1.54. The third-order valence-electron chi connectivity index (χ3n) is 5.61. The normalized spacial score (nSPS) is 17.3. The smallest absolute Gasteiger partial charge is 0.244 e. The molecule has 4 rings (SSSR count). The molecule has 9 heteroatoms. The minimum atomic E-state index is -3.56. The summed E-state index contributed by atoms with van der Waals surface area (Å²) in [6.45, 7) is 0.915. The van der Waals surface area contributed by atoms with Crippen molar-refractivity contribution >= 4 is 44.8 Å². The molecule has 0 unspecified atom stereocenters. The van der Waals surface area contributed by atoms with Crippen LogP contribution in [0.2, 0.25) is 5.02 Å². The molecule has 2 heterocycles. The van der Waals surface area contributed by atoms with E-state index in [2.05, 4.69) is 5.32 Å². The third-order valence-corrected chi connectivity index (χ3v) is 7.74. The molecular formula is C22H24ClN3O4S. The Bertz CT molecular complexity index is 1110. The Hall–Kier alpha value is -2.42. The zero-order valence-corrected chi connectivity index (χ0v) is 18.6. The van der Waals surface area contributed by atoms with Crippen molar-refractivity contribution in [1.29, 1.82) is 0 Å². The van der Waals surface area contributed by atoms with E-state index in [4.69, 9.17) is 11.6 Å². The highest BCUT2D eigenvalue weighted by atomic mass is 35.5. The number of hydrogen-bond acceptors (Lipinski definition) is 4. The highest BCUT2D eigenvalue weighted by Gasteiger charge is 2.30. The van der Waals surface area contributed by atoms with Gasteiger partial charge in [-0.2, -0.15) is 4.31 Å². The van der Waals surface area contributed by atoms with E-state index < -0.39 is 10.0 Å². The summed E-state index contributed by atoms with van der Waals surface area (Å²) in [5.74, 6) is -0.520. The van der Waals surface area contributed by atoms with Crippen LogP contribution in [0.5, 0.6) is 0 Å². The number of anilines is 2. The lowest BCUT2D eigenvalue weighted by Gasteiger charge is -2.30. The van der Waals surface area contributed by atoms with Crippen molar-refractivity contribution in [2.75, 3.05) is 29.9 Å². The van der Waals surface area contributed by atoms with E-state index >= 15 is 0 Å². The number of nitrogens with zero attached hydrogens (tertiary/aromatic N) is 2. The molecule has 0 saturated carbocycles. The van der Waals surface area contributed by atoms with E-state index in [9.17, 15) is 18.0 Å². The van der Waals surface area contributed by atoms with Crippen LogP contribution >= 0.6 is 11.6 Å². The van der Waals surface area contributed by atoms with E-state index in [0.717, 1.165) is 24.8 Å². The molecule has 0 spiro atoms. The second-order valence-electron chi connectivity index (χ2n) is 7.79. The van der Waals surface area contributed by atoms with Gasteiger partial charge in [-0.05, 0) is 61.2 Å². The molecule has 2 aromatic carbocycles. The number of carbonyl (C=O) groups is 2. The third kappa shape index (κ3) is 4.76. The van der Waals surface area contributed by atoms with E-state index in [1.165, 1.54) is 15.3 Å². The van der Waals surface area contributed by atoms with Gasteiger partial charge in [0.05, 0.1) is 4.90 Å². The van der Waals surface area contributed by atoms with Crippen LogP contribution in [0.25, 0.3) is 0 Å². The fraction of sp³-hybridized carbons (Fsp3) is 0.364. The van der Waals surface area contributed by atoms with Crippen LogP contribution in [-0.4, -0.2) is 44.2 Å². The van der Waals surface area contributed by atoms with Crippen molar-refractivity contribution in [1.82, 2.24) is 4.31 Å². The molecule has 2 aliphatic heterocycles. The molecule has 1 fully saturated rings. The Morgan fingerprint density at radius 1 is 1.03 bits per heavy atom. The van der Waals surface area contributed by atoms with Gasteiger partial charge in [-0.15, -0.1) is 0 Å². The Kier molecular flexibility index (Phi) is 6.31. The summed E-state index contributed by atoms with van der Waals surface area (Å²) in [5, 5.41) is 3.24. The van der Waals surface area contributed by atoms with Crippen LogP contribution in [-0.2, 0) is 26.0 Å². The molecule has 164 valence electrons. The van der Waals surface area contributed by atoms with Gasteiger partial charge < -0.3 is 10.2 Å². The summed E-state index contributed by atoms with van der Waals surface area (Å²) in [4.78, 5) is 26.7. The lowest BCUT2D eigenvalue weighted by atomic mass is 10.0. The molecule has 31 heavy (non-hydrogen) atoms. The highest BCUT2D eigenvalue weighted by molar-refractivity contribution is 7.89. The molecule has 0 bridgehead atoms. The van der Waals surface area contributed by atoms with E-state index in [1.54, 1.807) is 36.4 Å². The largest absolute Gasteiger partial charge is 0.324 e. The number of piperidine rings is 1. The van der Waals surface area contributed by atoms with Crippen LogP contribution < -0.4 is 10.2 Å². The number of rotatable bonds is 5.